The first-order chi connectivity index (χ1) is 8.69. The minimum absolute atomic E-state index is 0.0892. The zero-order valence-electron chi connectivity index (χ0n) is 11.4. The maximum absolute atomic E-state index is 5.84. The third-order valence-corrected chi connectivity index (χ3v) is 2.50. The van der Waals surface area contributed by atoms with Crippen molar-refractivity contribution < 1.29 is 14.2 Å². The highest BCUT2D eigenvalue weighted by atomic mass is 16.5. The van der Waals surface area contributed by atoms with Crippen molar-refractivity contribution in [3.05, 3.63) is 23.8 Å². The number of benzene rings is 1. The normalized spacial score (nSPS) is 12.2. The molecule has 1 rings (SSSR count). The van der Waals surface area contributed by atoms with Gasteiger partial charge < -0.3 is 19.9 Å². The minimum Gasteiger partial charge on any atom is -0.493 e. The molecule has 1 unspecified atom stereocenters. The molecule has 1 aromatic carbocycles. The Morgan fingerprint density at radius 3 is 2.67 bits per heavy atom. The summed E-state index contributed by atoms with van der Waals surface area (Å²) in [5.74, 6) is 1.52. The number of rotatable bonds is 8. The molecule has 0 spiro atoms. The van der Waals surface area contributed by atoms with Gasteiger partial charge >= 0.3 is 0 Å². The van der Waals surface area contributed by atoms with Crippen LogP contribution in [0.25, 0.3) is 0 Å². The monoisotopic (exact) mass is 253 g/mol. The van der Waals surface area contributed by atoms with Crippen LogP contribution in [-0.2, 0) is 11.2 Å². The first-order valence-corrected chi connectivity index (χ1v) is 6.31. The van der Waals surface area contributed by atoms with E-state index in [0.29, 0.717) is 19.8 Å². The first-order valence-electron chi connectivity index (χ1n) is 6.31. The lowest BCUT2D eigenvalue weighted by atomic mass is 10.1. The highest BCUT2D eigenvalue weighted by molar-refractivity contribution is 5.47. The SMILES string of the molecule is CCOCCOc1c(CC(C)N)cccc1OC. The van der Waals surface area contributed by atoms with Gasteiger partial charge in [0, 0.05) is 12.6 Å². The summed E-state index contributed by atoms with van der Waals surface area (Å²) in [6, 6.07) is 5.94. The van der Waals surface area contributed by atoms with Gasteiger partial charge in [0.1, 0.15) is 6.61 Å². The van der Waals surface area contributed by atoms with E-state index in [1.807, 2.05) is 32.0 Å². The maximum atomic E-state index is 5.84. The average molecular weight is 253 g/mol. The van der Waals surface area contributed by atoms with Crippen molar-refractivity contribution in [1.82, 2.24) is 0 Å². The summed E-state index contributed by atoms with van der Waals surface area (Å²) in [4.78, 5) is 0. The van der Waals surface area contributed by atoms with E-state index in [4.69, 9.17) is 19.9 Å². The summed E-state index contributed by atoms with van der Waals surface area (Å²) < 4.78 is 16.3. The van der Waals surface area contributed by atoms with E-state index < -0.39 is 0 Å². The standard InChI is InChI=1S/C14H23NO3/c1-4-17-8-9-18-14-12(10-11(2)15)6-5-7-13(14)16-3/h5-7,11H,4,8-10,15H2,1-3H3. The fourth-order valence-corrected chi connectivity index (χ4v) is 1.74. The van der Waals surface area contributed by atoms with Gasteiger partial charge in [-0.05, 0) is 31.9 Å². The molecule has 18 heavy (non-hydrogen) atoms. The van der Waals surface area contributed by atoms with E-state index >= 15 is 0 Å². The summed E-state index contributed by atoms with van der Waals surface area (Å²) in [5.41, 5.74) is 6.91. The van der Waals surface area contributed by atoms with Crippen molar-refractivity contribution in [2.75, 3.05) is 26.9 Å². The molecule has 0 aliphatic heterocycles. The van der Waals surface area contributed by atoms with E-state index in [1.54, 1.807) is 7.11 Å². The van der Waals surface area contributed by atoms with Crippen LogP contribution in [0.2, 0.25) is 0 Å². The molecule has 0 bridgehead atoms. The largest absolute Gasteiger partial charge is 0.493 e. The smallest absolute Gasteiger partial charge is 0.164 e. The predicted molar refractivity (Wildman–Crippen MR) is 72.3 cm³/mol. The van der Waals surface area contributed by atoms with Gasteiger partial charge in [0.25, 0.3) is 0 Å². The maximum Gasteiger partial charge on any atom is 0.164 e. The lowest BCUT2D eigenvalue weighted by Crippen LogP contribution is -2.19. The van der Waals surface area contributed by atoms with Gasteiger partial charge in [-0.2, -0.15) is 0 Å². The third-order valence-electron chi connectivity index (χ3n) is 2.50. The summed E-state index contributed by atoms with van der Waals surface area (Å²) in [6.07, 6.45) is 0.765. The molecule has 0 saturated carbocycles. The molecule has 0 amide bonds. The van der Waals surface area contributed by atoms with Crippen molar-refractivity contribution in [2.24, 2.45) is 5.73 Å². The second-order valence-corrected chi connectivity index (χ2v) is 4.18. The Morgan fingerprint density at radius 2 is 2.06 bits per heavy atom. The van der Waals surface area contributed by atoms with E-state index in [9.17, 15) is 0 Å². The van der Waals surface area contributed by atoms with Crippen LogP contribution in [0.1, 0.15) is 19.4 Å². The third kappa shape index (κ3) is 4.55. The van der Waals surface area contributed by atoms with Crippen molar-refractivity contribution in [3.8, 4) is 11.5 Å². The number of hydrogen-bond donors (Lipinski definition) is 1. The molecule has 0 aliphatic carbocycles. The summed E-state index contributed by atoms with van der Waals surface area (Å²) in [6.45, 7) is 5.72. The topological polar surface area (TPSA) is 53.7 Å². The van der Waals surface area contributed by atoms with Crippen LogP contribution in [0.5, 0.6) is 11.5 Å². The average Bonchev–Trinajstić information content (AvgIpc) is 2.35. The van der Waals surface area contributed by atoms with Crippen molar-refractivity contribution in [2.45, 2.75) is 26.3 Å². The Morgan fingerprint density at radius 1 is 1.28 bits per heavy atom. The Kier molecular flexibility index (Phi) is 6.54. The van der Waals surface area contributed by atoms with E-state index in [1.165, 1.54) is 0 Å². The molecule has 0 heterocycles. The van der Waals surface area contributed by atoms with Crippen molar-refractivity contribution in [3.63, 3.8) is 0 Å². The molecule has 0 radical (unpaired) electrons. The molecule has 4 heteroatoms. The Balaban J connectivity index is 2.76. The van der Waals surface area contributed by atoms with Crippen LogP contribution in [0.3, 0.4) is 0 Å². The quantitative estimate of drug-likeness (QED) is 0.720. The van der Waals surface area contributed by atoms with Gasteiger partial charge in [-0.15, -0.1) is 0 Å². The summed E-state index contributed by atoms with van der Waals surface area (Å²) >= 11 is 0. The van der Waals surface area contributed by atoms with Crippen LogP contribution < -0.4 is 15.2 Å². The summed E-state index contributed by atoms with van der Waals surface area (Å²) in [5, 5.41) is 0. The molecule has 1 aromatic rings. The van der Waals surface area contributed by atoms with Gasteiger partial charge in [-0.25, -0.2) is 0 Å². The molecule has 0 aromatic heterocycles. The highest BCUT2D eigenvalue weighted by Gasteiger charge is 2.11. The number of hydrogen-bond acceptors (Lipinski definition) is 4. The van der Waals surface area contributed by atoms with E-state index in [-0.39, 0.29) is 6.04 Å². The molecular weight excluding hydrogens is 230 g/mol. The van der Waals surface area contributed by atoms with Crippen molar-refractivity contribution >= 4 is 0 Å². The predicted octanol–water partition coefficient (Wildman–Crippen LogP) is 2.00. The lowest BCUT2D eigenvalue weighted by Gasteiger charge is -2.16. The minimum atomic E-state index is 0.0892. The van der Waals surface area contributed by atoms with Gasteiger partial charge in [0.2, 0.25) is 0 Å². The number of methoxy groups -OCH3 is 1. The van der Waals surface area contributed by atoms with Crippen LogP contribution >= 0.6 is 0 Å². The molecule has 0 saturated heterocycles. The van der Waals surface area contributed by atoms with Crippen LogP contribution in [-0.4, -0.2) is 33.0 Å². The van der Waals surface area contributed by atoms with Gasteiger partial charge in [-0.3, -0.25) is 0 Å². The van der Waals surface area contributed by atoms with E-state index in [0.717, 1.165) is 23.5 Å². The molecule has 0 fully saturated rings. The zero-order chi connectivity index (χ0) is 13.4. The Labute approximate surface area is 109 Å². The first kappa shape index (κ1) is 14.8. The molecule has 0 aliphatic rings. The van der Waals surface area contributed by atoms with Gasteiger partial charge in [0.05, 0.1) is 13.7 Å². The second-order valence-electron chi connectivity index (χ2n) is 4.18. The molecule has 4 nitrogen and oxygen atoms in total. The molecule has 2 N–H and O–H groups in total. The second kappa shape index (κ2) is 7.95. The van der Waals surface area contributed by atoms with E-state index in [2.05, 4.69) is 0 Å². The van der Waals surface area contributed by atoms with Gasteiger partial charge in [0.15, 0.2) is 11.5 Å². The van der Waals surface area contributed by atoms with Crippen LogP contribution in [0, 0.1) is 0 Å². The lowest BCUT2D eigenvalue weighted by molar-refractivity contribution is 0.108. The fraction of sp³-hybridized carbons (Fsp3) is 0.571. The van der Waals surface area contributed by atoms with Crippen molar-refractivity contribution in [1.29, 1.82) is 0 Å². The molecular formula is C14H23NO3. The molecule has 1 atom stereocenters. The van der Waals surface area contributed by atoms with Crippen LogP contribution in [0.15, 0.2) is 18.2 Å². The Hall–Kier alpha value is -1.26. The fourth-order valence-electron chi connectivity index (χ4n) is 1.74. The number of ether oxygens (including phenoxy) is 3. The number of nitrogens with two attached hydrogens (primary N) is 1. The van der Waals surface area contributed by atoms with Gasteiger partial charge in [-0.1, -0.05) is 12.1 Å². The summed E-state index contributed by atoms with van der Waals surface area (Å²) in [7, 11) is 1.64. The van der Waals surface area contributed by atoms with Crippen LogP contribution in [0.4, 0.5) is 0 Å². The Bertz CT molecular complexity index is 353. The molecule has 102 valence electrons. The zero-order valence-corrected chi connectivity index (χ0v) is 11.4. The number of para-hydroxylation sites is 1. The highest BCUT2D eigenvalue weighted by Crippen LogP contribution is 2.31.